The van der Waals surface area contributed by atoms with Crippen molar-refractivity contribution in [1.29, 1.82) is 0 Å². The number of sulfone groups is 1. The number of hydrogen-bond acceptors (Lipinski definition) is 4. The van der Waals surface area contributed by atoms with Crippen molar-refractivity contribution in [3.8, 4) is 0 Å². The fourth-order valence-corrected chi connectivity index (χ4v) is 3.45. The lowest BCUT2D eigenvalue weighted by Crippen LogP contribution is -2.47. The van der Waals surface area contributed by atoms with Gasteiger partial charge in [-0.1, -0.05) is 6.92 Å². The Morgan fingerprint density at radius 2 is 2.05 bits per heavy atom. The summed E-state index contributed by atoms with van der Waals surface area (Å²) < 4.78 is 22.5. The predicted molar refractivity (Wildman–Crippen MR) is 69.6 cm³/mol. The molecule has 1 fully saturated rings. The highest BCUT2D eigenvalue weighted by atomic mass is 32.2. The third-order valence-corrected chi connectivity index (χ3v) is 5.27. The van der Waals surface area contributed by atoms with E-state index in [-0.39, 0.29) is 24.1 Å². The van der Waals surface area contributed by atoms with Gasteiger partial charge in [0.15, 0.2) is 9.84 Å². The van der Waals surface area contributed by atoms with Gasteiger partial charge in [-0.05, 0) is 19.8 Å². The summed E-state index contributed by atoms with van der Waals surface area (Å²) >= 11 is 0. The lowest BCUT2D eigenvalue weighted by molar-refractivity contribution is -0.147. The number of carbonyl (C=O) groups is 2. The van der Waals surface area contributed by atoms with E-state index in [1.807, 2.05) is 0 Å². The Labute approximate surface area is 112 Å². The first kappa shape index (κ1) is 15.7. The fraction of sp³-hybridized carbons (Fsp3) is 0.818. The van der Waals surface area contributed by atoms with Crippen LogP contribution < -0.4 is 10.6 Å². The zero-order valence-electron chi connectivity index (χ0n) is 11.1. The molecule has 2 unspecified atom stereocenters. The van der Waals surface area contributed by atoms with Crippen LogP contribution in [0.3, 0.4) is 0 Å². The number of aliphatic carboxylic acids is 1. The van der Waals surface area contributed by atoms with Crippen molar-refractivity contribution >= 4 is 21.8 Å². The lowest BCUT2D eigenvalue weighted by Gasteiger charge is -2.23. The van der Waals surface area contributed by atoms with Crippen LogP contribution in [0.1, 0.15) is 26.7 Å². The van der Waals surface area contributed by atoms with Gasteiger partial charge >= 0.3 is 12.0 Å². The van der Waals surface area contributed by atoms with Crippen molar-refractivity contribution < 1.29 is 23.1 Å². The number of rotatable bonds is 5. The summed E-state index contributed by atoms with van der Waals surface area (Å²) in [5, 5.41) is 14.1. The van der Waals surface area contributed by atoms with Gasteiger partial charge in [0.1, 0.15) is 0 Å². The molecule has 7 nitrogen and oxygen atoms in total. The van der Waals surface area contributed by atoms with E-state index in [0.29, 0.717) is 12.8 Å². The largest absolute Gasteiger partial charge is 0.481 e. The van der Waals surface area contributed by atoms with Crippen LogP contribution in [0.5, 0.6) is 0 Å². The number of carboxylic acids is 1. The molecule has 1 saturated heterocycles. The van der Waals surface area contributed by atoms with Gasteiger partial charge in [-0.3, -0.25) is 4.79 Å². The van der Waals surface area contributed by atoms with Crippen LogP contribution in [0, 0.1) is 5.41 Å². The maximum absolute atomic E-state index is 11.6. The third-order valence-electron chi connectivity index (χ3n) is 3.50. The van der Waals surface area contributed by atoms with Gasteiger partial charge in [0.05, 0.1) is 16.9 Å². The van der Waals surface area contributed by atoms with Gasteiger partial charge in [-0.25, -0.2) is 13.2 Å². The second-order valence-electron chi connectivity index (χ2n) is 5.15. The van der Waals surface area contributed by atoms with Crippen molar-refractivity contribution in [2.75, 3.05) is 18.1 Å². The summed E-state index contributed by atoms with van der Waals surface area (Å²) in [6, 6.07) is -0.911. The Bertz CT molecular complexity index is 462. The summed E-state index contributed by atoms with van der Waals surface area (Å²) in [5.74, 6) is -0.941. The number of carboxylic acid groups (broad SMARTS) is 1. The predicted octanol–water partition coefficient (Wildman–Crippen LogP) is -0.0264. The molecule has 0 aromatic rings. The summed E-state index contributed by atoms with van der Waals surface area (Å²) in [5.41, 5.74) is -1.01. The van der Waals surface area contributed by atoms with E-state index in [2.05, 4.69) is 10.6 Å². The first-order chi connectivity index (χ1) is 8.68. The topological polar surface area (TPSA) is 113 Å². The minimum absolute atomic E-state index is 0.00410. The Kier molecular flexibility index (Phi) is 4.78. The summed E-state index contributed by atoms with van der Waals surface area (Å²) in [4.78, 5) is 22.6. The van der Waals surface area contributed by atoms with Crippen molar-refractivity contribution in [1.82, 2.24) is 10.6 Å². The van der Waals surface area contributed by atoms with E-state index in [0.717, 1.165) is 0 Å². The molecule has 2 atom stereocenters. The standard InChI is InChI=1S/C11H20N2O5S/c1-3-11(2,9(14)15)7-12-10(16)13-8-4-5-19(17,18)6-8/h8H,3-7H2,1-2H3,(H,14,15)(H2,12,13,16). The first-order valence-corrected chi connectivity index (χ1v) is 7.99. The quantitative estimate of drug-likeness (QED) is 0.659. The van der Waals surface area contributed by atoms with Crippen molar-refractivity contribution in [2.24, 2.45) is 5.41 Å². The second kappa shape index (κ2) is 5.77. The molecule has 1 heterocycles. The molecule has 0 spiro atoms. The van der Waals surface area contributed by atoms with E-state index in [1.54, 1.807) is 13.8 Å². The van der Waals surface area contributed by atoms with Crippen LogP contribution in [0.25, 0.3) is 0 Å². The van der Waals surface area contributed by atoms with Crippen LogP contribution in [0.4, 0.5) is 4.79 Å². The average Bonchev–Trinajstić information content (AvgIpc) is 2.65. The summed E-state index contributed by atoms with van der Waals surface area (Å²) in [6.45, 7) is 3.29. The molecule has 1 aliphatic rings. The van der Waals surface area contributed by atoms with Crippen LogP contribution in [-0.4, -0.2) is 49.6 Å². The molecule has 1 aliphatic heterocycles. The van der Waals surface area contributed by atoms with Gasteiger partial charge in [-0.2, -0.15) is 0 Å². The van der Waals surface area contributed by atoms with Crippen LogP contribution in [0.2, 0.25) is 0 Å². The van der Waals surface area contributed by atoms with E-state index in [9.17, 15) is 18.0 Å². The first-order valence-electron chi connectivity index (χ1n) is 6.17. The minimum Gasteiger partial charge on any atom is -0.481 e. The molecule has 0 aromatic heterocycles. The zero-order chi connectivity index (χ0) is 14.7. The van der Waals surface area contributed by atoms with Crippen molar-refractivity contribution in [3.05, 3.63) is 0 Å². The highest BCUT2D eigenvalue weighted by molar-refractivity contribution is 7.91. The van der Waals surface area contributed by atoms with E-state index in [1.165, 1.54) is 0 Å². The molecule has 110 valence electrons. The number of urea groups is 1. The molecule has 1 rings (SSSR count). The molecule has 19 heavy (non-hydrogen) atoms. The van der Waals surface area contributed by atoms with Crippen molar-refractivity contribution in [2.45, 2.75) is 32.7 Å². The SMILES string of the molecule is CCC(C)(CNC(=O)NC1CCS(=O)(=O)C1)C(=O)O. The number of carbonyl (C=O) groups excluding carboxylic acids is 1. The molecular formula is C11H20N2O5S. The van der Waals surface area contributed by atoms with Gasteiger partial charge in [-0.15, -0.1) is 0 Å². The third kappa shape index (κ3) is 4.38. The van der Waals surface area contributed by atoms with E-state index < -0.39 is 27.3 Å². The molecular weight excluding hydrogens is 272 g/mol. The highest BCUT2D eigenvalue weighted by Crippen LogP contribution is 2.19. The average molecular weight is 292 g/mol. The second-order valence-corrected chi connectivity index (χ2v) is 7.38. The van der Waals surface area contributed by atoms with Gasteiger partial charge in [0.2, 0.25) is 0 Å². The summed E-state index contributed by atoms with van der Waals surface area (Å²) in [7, 11) is -3.04. The minimum atomic E-state index is -3.04. The van der Waals surface area contributed by atoms with Gasteiger partial charge in [0.25, 0.3) is 0 Å². The number of nitrogens with one attached hydrogen (secondary N) is 2. The maximum Gasteiger partial charge on any atom is 0.315 e. The molecule has 3 N–H and O–H groups in total. The smallest absolute Gasteiger partial charge is 0.315 e. The van der Waals surface area contributed by atoms with E-state index in [4.69, 9.17) is 5.11 Å². The van der Waals surface area contributed by atoms with Crippen LogP contribution in [0.15, 0.2) is 0 Å². The lowest BCUT2D eigenvalue weighted by atomic mass is 9.88. The molecule has 0 bridgehead atoms. The number of hydrogen-bond donors (Lipinski definition) is 3. The maximum atomic E-state index is 11.6. The molecule has 0 radical (unpaired) electrons. The molecule has 0 saturated carbocycles. The number of amides is 2. The highest BCUT2D eigenvalue weighted by Gasteiger charge is 2.32. The fourth-order valence-electron chi connectivity index (χ4n) is 1.77. The molecule has 2 amide bonds. The Hall–Kier alpha value is -1.31. The van der Waals surface area contributed by atoms with Gasteiger partial charge in [0, 0.05) is 12.6 Å². The Morgan fingerprint density at radius 3 is 2.47 bits per heavy atom. The summed E-state index contributed by atoms with van der Waals surface area (Å²) in [6.07, 6.45) is 0.792. The molecule has 0 aliphatic carbocycles. The van der Waals surface area contributed by atoms with Crippen LogP contribution >= 0.6 is 0 Å². The normalized spacial score (nSPS) is 24.4. The molecule has 8 heteroatoms. The van der Waals surface area contributed by atoms with Crippen LogP contribution in [-0.2, 0) is 14.6 Å². The molecule has 0 aromatic carbocycles. The van der Waals surface area contributed by atoms with E-state index >= 15 is 0 Å². The zero-order valence-corrected chi connectivity index (χ0v) is 11.9. The Balaban J connectivity index is 2.42. The van der Waals surface area contributed by atoms with Crippen molar-refractivity contribution in [3.63, 3.8) is 0 Å². The monoisotopic (exact) mass is 292 g/mol. The Morgan fingerprint density at radius 1 is 1.42 bits per heavy atom. The van der Waals surface area contributed by atoms with Gasteiger partial charge < -0.3 is 15.7 Å².